The van der Waals surface area contributed by atoms with Crippen molar-refractivity contribution in [3.8, 4) is 11.8 Å². The molecule has 0 aromatic heterocycles. The zero-order valence-corrected chi connectivity index (χ0v) is 18.4. The van der Waals surface area contributed by atoms with E-state index >= 15 is 0 Å². The van der Waals surface area contributed by atoms with Crippen LogP contribution in [0, 0.1) is 31.6 Å². The number of nitrogens with zero attached hydrogens (tertiary/aromatic N) is 2. The summed E-state index contributed by atoms with van der Waals surface area (Å²) in [6.45, 7) is 4.61. The highest BCUT2D eigenvalue weighted by Gasteiger charge is 2.34. The number of amides is 3. The summed E-state index contributed by atoms with van der Waals surface area (Å²) in [4.78, 5) is 40.0. The number of nitrogens with one attached hydrogen (secondary N) is 1. The van der Waals surface area contributed by atoms with E-state index in [2.05, 4.69) is 17.2 Å². The van der Waals surface area contributed by atoms with Crippen LogP contribution in [0.3, 0.4) is 0 Å². The molecule has 1 aliphatic heterocycles. The van der Waals surface area contributed by atoms with Crippen LogP contribution in [-0.2, 0) is 9.59 Å². The van der Waals surface area contributed by atoms with Crippen molar-refractivity contribution < 1.29 is 14.4 Å². The molecule has 1 unspecified atom stereocenters. The molecule has 6 nitrogen and oxygen atoms in total. The fourth-order valence-corrected chi connectivity index (χ4v) is 3.40. The number of hydrogen-bond acceptors (Lipinski definition) is 3. The predicted octanol–water partition coefficient (Wildman–Crippen LogP) is 2.53. The van der Waals surface area contributed by atoms with Gasteiger partial charge in [0, 0.05) is 43.9 Å². The minimum atomic E-state index is -0.382. The Morgan fingerprint density at radius 3 is 2.45 bits per heavy atom. The molecule has 6 heteroatoms. The second-order valence-corrected chi connectivity index (χ2v) is 7.97. The summed E-state index contributed by atoms with van der Waals surface area (Å²) in [5.41, 5.74) is 4.48. The molecule has 3 amide bonds. The van der Waals surface area contributed by atoms with Gasteiger partial charge in [-0.05, 0) is 61.4 Å². The van der Waals surface area contributed by atoms with E-state index < -0.39 is 0 Å². The van der Waals surface area contributed by atoms with Gasteiger partial charge in [-0.2, -0.15) is 0 Å². The second kappa shape index (κ2) is 9.48. The number of carbonyl (C=O) groups excluding carboxylic acids is 3. The molecule has 1 atom stereocenters. The fraction of sp³-hybridized carbons (Fsp3) is 0.320. The molecule has 0 spiro atoms. The second-order valence-electron chi connectivity index (χ2n) is 7.97. The van der Waals surface area contributed by atoms with Gasteiger partial charge in [-0.3, -0.25) is 14.4 Å². The molecule has 160 valence electrons. The first kappa shape index (κ1) is 22.1. The smallest absolute Gasteiger partial charge is 0.253 e. The van der Waals surface area contributed by atoms with Crippen molar-refractivity contribution in [3.05, 3.63) is 64.7 Å². The monoisotopic (exact) mass is 417 g/mol. The number of rotatable bonds is 4. The maximum atomic E-state index is 12.5. The first-order chi connectivity index (χ1) is 14.8. The van der Waals surface area contributed by atoms with Gasteiger partial charge in [0.15, 0.2) is 0 Å². The number of aryl methyl sites for hydroxylation is 2. The van der Waals surface area contributed by atoms with E-state index in [1.54, 1.807) is 43.3 Å². The SMILES string of the molecule is Cc1ccc(N2CC(C(=O)NCC#Cc3ccc(C(=O)N(C)C)cc3)CC2=O)cc1C. The van der Waals surface area contributed by atoms with Crippen LogP contribution in [0.25, 0.3) is 0 Å². The summed E-state index contributed by atoms with van der Waals surface area (Å²) < 4.78 is 0. The summed E-state index contributed by atoms with van der Waals surface area (Å²) in [7, 11) is 3.41. The highest BCUT2D eigenvalue weighted by atomic mass is 16.2. The lowest BCUT2D eigenvalue weighted by Crippen LogP contribution is -2.33. The Bertz CT molecular complexity index is 1060. The molecule has 2 aromatic carbocycles. The molecular weight excluding hydrogens is 390 g/mol. The molecule has 0 saturated carbocycles. The van der Waals surface area contributed by atoms with E-state index in [4.69, 9.17) is 0 Å². The van der Waals surface area contributed by atoms with Gasteiger partial charge in [-0.1, -0.05) is 17.9 Å². The zero-order valence-electron chi connectivity index (χ0n) is 18.4. The van der Waals surface area contributed by atoms with E-state index in [0.717, 1.165) is 16.8 Å². The van der Waals surface area contributed by atoms with Gasteiger partial charge in [0.05, 0.1) is 12.5 Å². The molecule has 1 fully saturated rings. The topological polar surface area (TPSA) is 69.7 Å². The average molecular weight is 418 g/mol. The molecule has 31 heavy (non-hydrogen) atoms. The van der Waals surface area contributed by atoms with Crippen molar-refractivity contribution in [2.75, 3.05) is 32.1 Å². The lowest BCUT2D eigenvalue weighted by molar-refractivity contribution is -0.126. The number of carbonyl (C=O) groups is 3. The van der Waals surface area contributed by atoms with Crippen molar-refractivity contribution in [3.63, 3.8) is 0 Å². The summed E-state index contributed by atoms with van der Waals surface area (Å²) in [5, 5.41) is 2.80. The Hall–Kier alpha value is -3.59. The minimum absolute atomic E-state index is 0.0400. The first-order valence-electron chi connectivity index (χ1n) is 10.2. The van der Waals surface area contributed by atoms with Crippen LogP contribution < -0.4 is 10.2 Å². The number of anilines is 1. The summed E-state index contributed by atoms with van der Waals surface area (Å²) >= 11 is 0. The summed E-state index contributed by atoms with van der Waals surface area (Å²) in [5.74, 6) is 5.24. The first-order valence-corrected chi connectivity index (χ1v) is 10.2. The molecular formula is C25H27N3O3. The van der Waals surface area contributed by atoms with Crippen LogP contribution >= 0.6 is 0 Å². The van der Waals surface area contributed by atoms with E-state index in [0.29, 0.717) is 12.1 Å². The number of hydrogen-bond donors (Lipinski definition) is 1. The van der Waals surface area contributed by atoms with Crippen molar-refractivity contribution in [1.82, 2.24) is 10.2 Å². The third kappa shape index (κ3) is 5.32. The van der Waals surface area contributed by atoms with E-state index in [9.17, 15) is 14.4 Å². The Morgan fingerprint density at radius 1 is 1.10 bits per heavy atom. The Balaban J connectivity index is 1.53. The maximum absolute atomic E-state index is 12.5. The average Bonchev–Trinajstić information content (AvgIpc) is 3.14. The van der Waals surface area contributed by atoms with E-state index in [1.807, 2.05) is 32.0 Å². The molecule has 3 rings (SSSR count). The summed E-state index contributed by atoms with van der Waals surface area (Å²) in [6.07, 6.45) is 0.202. The van der Waals surface area contributed by atoms with Gasteiger partial charge in [-0.15, -0.1) is 0 Å². The van der Waals surface area contributed by atoms with Gasteiger partial charge < -0.3 is 15.1 Å². The van der Waals surface area contributed by atoms with Crippen molar-refractivity contribution in [1.29, 1.82) is 0 Å². The molecule has 0 aliphatic carbocycles. The van der Waals surface area contributed by atoms with Crippen molar-refractivity contribution >= 4 is 23.4 Å². The predicted molar refractivity (Wildman–Crippen MR) is 121 cm³/mol. The normalized spacial score (nSPS) is 15.3. The van der Waals surface area contributed by atoms with Gasteiger partial charge in [-0.25, -0.2) is 0 Å². The van der Waals surface area contributed by atoms with Crippen LogP contribution in [-0.4, -0.2) is 49.8 Å². The molecule has 1 N–H and O–H groups in total. The quantitative estimate of drug-likeness (QED) is 0.778. The van der Waals surface area contributed by atoms with Gasteiger partial charge in [0.25, 0.3) is 5.91 Å². The molecule has 1 heterocycles. The number of benzene rings is 2. The van der Waals surface area contributed by atoms with Gasteiger partial charge >= 0.3 is 0 Å². The molecule has 0 radical (unpaired) electrons. The van der Waals surface area contributed by atoms with E-state index in [-0.39, 0.29) is 36.6 Å². The van der Waals surface area contributed by atoms with Gasteiger partial charge in [0.2, 0.25) is 11.8 Å². The van der Waals surface area contributed by atoms with Crippen LogP contribution in [0.5, 0.6) is 0 Å². The molecule has 1 saturated heterocycles. The standard InChI is InChI=1S/C25H27N3O3/c1-17-7-12-22(14-18(17)2)28-16-21(15-23(28)29)24(30)26-13-5-6-19-8-10-20(11-9-19)25(31)27(3)4/h7-12,14,21H,13,15-16H2,1-4H3,(H,26,30). The largest absolute Gasteiger partial charge is 0.345 e. The lowest BCUT2D eigenvalue weighted by Gasteiger charge is -2.17. The zero-order chi connectivity index (χ0) is 22.5. The Kier molecular flexibility index (Phi) is 6.76. The third-order valence-electron chi connectivity index (χ3n) is 5.42. The highest BCUT2D eigenvalue weighted by molar-refractivity contribution is 6.00. The van der Waals surface area contributed by atoms with E-state index in [1.165, 1.54) is 10.5 Å². The van der Waals surface area contributed by atoms with Crippen molar-refractivity contribution in [2.24, 2.45) is 5.92 Å². The van der Waals surface area contributed by atoms with Crippen LogP contribution in [0.15, 0.2) is 42.5 Å². The molecule has 0 bridgehead atoms. The van der Waals surface area contributed by atoms with Crippen LogP contribution in [0.2, 0.25) is 0 Å². The Labute approximate surface area is 183 Å². The fourth-order valence-electron chi connectivity index (χ4n) is 3.40. The van der Waals surface area contributed by atoms with Crippen LogP contribution in [0.1, 0.15) is 33.5 Å². The van der Waals surface area contributed by atoms with Crippen molar-refractivity contribution in [2.45, 2.75) is 20.3 Å². The molecule has 2 aromatic rings. The third-order valence-corrected chi connectivity index (χ3v) is 5.42. The van der Waals surface area contributed by atoms with Gasteiger partial charge in [0.1, 0.15) is 0 Å². The lowest BCUT2D eigenvalue weighted by atomic mass is 10.1. The molecule has 1 aliphatic rings. The highest BCUT2D eigenvalue weighted by Crippen LogP contribution is 2.26. The van der Waals surface area contributed by atoms with Crippen LogP contribution in [0.4, 0.5) is 5.69 Å². The minimum Gasteiger partial charge on any atom is -0.345 e. The maximum Gasteiger partial charge on any atom is 0.253 e. The summed E-state index contributed by atoms with van der Waals surface area (Å²) in [6, 6.07) is 12.9. The Morgan fingerprint density at radius 2 is 1.81 bits per heavy atom.